The highest BCUT2D eigenvalue weighted by molar-refractivity contribution is 9.10. The van der Waals surface area contributed by atoms with Gasteiger partial charge in [-0.15, -0.1) is 0 Å². The fourth-order valence-corrected chi connectivity index (χ4v) is 2.19. The third kappa shape index (κ3) is 4.22. The van der Waals surface area contributed by atoms with Gasteiger partial charge in [-0.3, -0.25) is 4.79 Å². The van der Waals surface area contributed by atoms with Crippen molar-refractivity contribution >= 4 is 39.1 Å². The number of ether oxygens (including phenoxy) is 1. The summed E-state index contributed by atoms with van der Waals surface area (Å²) in [6.07, 6.45) is 0.887. The summed E-state index contributed by atoms with van der Waals surface area (Å²) in [7, 11) is 0. The number of benzene rings is 2. The average molecular weight is 369 g/mol. The number of nitrogens with one attached hydrogen (secondary N) is 1. The van der Waals surface area contributed by atoms with Crippen molar-refractivity contribution in [3.63, 3.8) is 0 Å². The van der Waals surface area contributed by atoms with E-state index in [0.717, 1.165) is 10.9 Å². The standard InChI is InChI=1S/C16H15BrClNO2/c1-2-9-21-15-6-4-3-5-12(15)16(20)19-11-7-8-13(17)14(18)10-11/h3-8,10H,2,9H2,1H3,(H,19,20). The molecule has 2 aromatic carbocycles. The number of halogens is 2. The van der Waals surface area contributed by atoms with Crippen molar-refractivity contribution < 1.29 is 9.53 Å². The highest BCUT2D eigenvalue weighted by Crippen LogP contribution is 2.26. The zero-order valence-electron chi connectivity index (χ0n) is 11.5. The molecule has 3 nitrogen and oxygen atoms in total. The van der Waals surface area contributed by atoms with Crippen LogP contribution < -0.4 is 10.1 Å². The van der Waals surface area contributed by atoms with Crippen LogP contribution in [0.5, 0.6) is 5.75 Å². The van der Waals surface area contributed by atoms with Crippen molar-refractivity contribution in [1.82, 2.24) is 0 Å². The van der Waals surface area contributed by atoms with Crippen molar-refractivity contribution in [2.45, 2.75) is 13.3 Å². The van der Waals surface area contributed by atoms with Crippen LogP contribution in [0.15, 0.2) is 46.9 Å². The fourth-order valence-electron chi connectivity index (χ4n) is 1.76. The number of anilines is 1. The molecule has 2 rings (SSSR count). The quantitative estimate of drug-likeness (QED) is 0.793. The number of amides is 1. The summed E-state index contributed by atoms with van der Waals surface area (Å²) in [5, 5.41) is 3.36. The van der Waals surface area contributed by atoms with Crippen LogP contribution in [0.1, 0.15) is 23.7 Å². The lowest BCUT2D eigenvalue weighted by Crippen LogP contribution is -2.13. The molecule has 0 heterocycles. The molecule has 1 amide bonds. The second-order valence-electron chi connectivity index (χ2n) is 4.43. The number of hydrogen-bond acceptors (Lipinski definition) is 2. The molecular formula is C16H15BrClNO2. The molecule has 110 valence electrons. The van der Waals surface area contributed by atoms with Gasteiger partial charge in [0.15, 0.2) is 0 Å². The maximum absolute atomic E-state index is 12.3. The van der Waals surface area contributed by atoms with Crippen LogP contribution in [0.2, 0.25) is 5.02 Å². The van der Waals surface area contributed by atoms with Crippen LogP contribution >= 0.6 is 27.5 Å². The Hall–Kier alpha value is -1.52. The van der Waals surface area contributed by atoms with Crippen molar-refractivity contribution in [2.24, 2.45) is 0 Å². The van der Waals surface area contributed by atoms with Crippen LogP contribution in [0, 0.1) is 0 Å². The molecule has 0 aliphatic rings. The Morgan fingerprint density at radius 3 is 2.76 bits per heavy atom. The highest BCUT2D eigenvalue weighted by Gasteiger charge is 2.12. The van der Waals surface area contributed by atoms with Gasteiger partial charge in [0, 0.05) is 10.2 Å². The molecular weight excluding hydrogens is 354 g/mol. The Morgan fingerprint density at radius 2 is 2.05 bits per heavy atom. The Labute approximate surface area is 137 Å². The smallest absolute Gasteiger partial charge is 0.259 e. The highest BCUT2D eigenvalue weighted by atomic mass is 79.9. The molecule has 0 radical (unpaired) electrons. The van der Waals surface area contributed by atoms with Gasteiger partial charge in [-0.2, -0.15) is 0 Å². The van der Waals surface area contributed by atoms with E-state index in [4.69, 9.17) is 16.3 Å². The molecule has 0 spiro atoms. The summed E-state index contributed by atoms with van der Waals surface area (Å²) in [5.74, 6) is 0.361. The van der Waals surface area contributed by atoms with Crippen LogP contribution in [0.3, 0.4) is 0 Å². The summed E-state index contributed by atoms with van der Waals surface area (Å²) < 4.78 is 6.38. The number of hydrogen-bond donors (Lipinski definition) is 1. The molecule has 0 unspecified atom stereocenters. The second-order valence-corrected chi connectivity index (χ2v) is 5.69. The lowest BCUT2D eigenvalue weighted by atomic mass is 10.2. The van der Waals surface area contributed by atoms with E-state index in [0.29, 0.717) is 28.6 Å². The minimum Gasteiger partial charge on any atom is -0.493 e. The van der Waals surface area contributed by atoms with Crippen molar-refractivity contribution in [2.75, 3.05) is 11.9 Å². The number of para-hydroxylation sites is 1. The predicted molar refractivity (Wildman–Crippen MR) is 89.3 cm³/mol. The van der Waals surface area contributed by atoms with Crippen molar-refractivity contribution in [1.29, 1.82) is 0 Å². The molecule has 0 fully saturated rings. The Balaban J connectivity index is 2.18. The van der Waals surface area contributed by atoms with Crippen molar-refractivity contribution in [3.8, 4) is 5.75 Å². The van der Waals surface area contributed by atoms with Crippen LogP contribution in [-0.4, -0.2) is 12.5 Å². The van der Waals surface area contributed by atoms with E-state index in [2.05, 4.69) is 21.2 Å². The summed E-state index contributed by atoms with van der Waals surface area (Å²) in [6, 6.07) is 12.4. The molecule has 0 atom stereocenters. The van der Waals surface area contributed by atoms with Gasteiger partial charge in [-0.25, -0.2) is 0 Å². The monoisotopic (exact) mass is 367 g/mol. The minimum atomic E-state index is -0.222. The Bertz CT molecular complexity index is 646. The predicted octanol–water partition coefficient (Wildman–Crippen LogP) is 5.14. The normalized spacial score (nSPS) is 10.2. The van der Waals surface area contributed by atoms with E-state index in [-0.39, 0.29) is 5.91 Å². The number of carbonyl (C=O) groups excluding carboxylic acids is 1. The first-order valence-electron chi connectivity index (χ1n) is 6.60. The molecule has 0 aliphatic heterocycles. The van der Waals surface area contributed by atoms with Gasteiger partial charge in [-0.1, -0.05) is 30.7 Å². The van der Waals surface area contributed by atoms with E-state index >= 15 is 0 Å². The van der Waals surface area contributed by atoms with Crippen molar-refractivity contribution in [3.05, 3.63) is 57.5 Å². The van der Waals surface area contributed by atoms with E-state index in [9.17, 15) is 4.79 Å². The first-order chi connectivity index (χ1) is 10.1. The summed E-state index contributed by atoms with van der Waals surface area (Å²) in [6.45, 7) is 2.60. The third-order valence-corrected chi connectivity index (χ3v) is 4.00. The molecule has 0 aromatic heterocycles. The molecule has 21 heavy (non-hydrogen) atoms. The zero-order chi connectivity index (χ0) is 15.2. The maximum Gasteiger partial charge on any atom is 0.259 e. The topological polar surface area (TPSA) is 38.3 Å². The lowest BCUT2D eigenvalue weighted by molar-refractivity contribution is 0.102. The summed E-state index contributed by atoms with van der Waals surface area (Å²) >= 11 is 9.34. The van der Waals surface area contributed by atoms with Gasteiger partial charge >= 0.3 is 0 Å². The molecule has 0 bridgehead atoms. The van der Waals surface area contributed by atoms with Crippen LogP contribution in [-0.2, 0) is 0 Å². The number of carbonyl (C=O) groups is 1. The van der Waals surface area contributed by atoms with Gasteiger partial charge in [0.05, 0.1) is 17.2 Å². The van der Waals surface area contributed by atoms with Gasteiger partial charge in [0.25, 0.3) is 5.91 Å². The largest absolute Gasteiger partial charge is 0.493 e. The zero-order valence-corrected chi connectivity index (χ0v) is 13.9. The van der Waals surface area contributed by atoms with Gasteiger partial charge in [0.1, 0.15) is 5.75 Å². The molecule has 0 saturated heterocycles. The van der Waals surface area contributed by atoms with Gasteiger partial charge in [0.2, 0.25) is 0 Å². The SMILES string of the molecule is CCCOc1ccccc1C(=O)Nc1ccc(Br)c(Cl)c1. The Kier molecular flexibility index (Phi) is 5.65. The molecule has 0 aliphatic carbocycles. The minimum absolute atomic E-state index is 0.222. The van der Waals surface area contributed by atoms with E-state index in [1.165, 1.54) is 0 Å². The molecule has 2 aromatic rings. The maximum atomic E-state index is 12.3. The van der Waals surface area contributed by atoms with E-state index in [1.807, 2.05) is 19.1 Å². The summed E-state index contributed by atoms with van der Waals surface area (Å²) in [5.41, 5.74) is 1.14. The van der Waals surface area contributed by atoms with Gasteiger partial charge in [-0.05, 0) is 52.7 Å². The van der Waals surface area contributed by atoms with E-state index in [1.54, 1.807) is 30.3 Å². The first kappa shape index (κ1) is 15.9. The average Bonchev–Trinajstić information content (AvgIpc) is 2.49. The molecule has 1 N–H and O–H groups in total. The lowest BCUT2D eigenvalue weighted by Gasteiger charge is -2.11. The number of rotatable bonds is 5. The summed E-state index contributed by atoms with van der Waals surface area (Å²) in [4.78, 5) is 12.3. The van der Waals surface area contributed by atoms with Gasteiger partial charge < -0.3 is 10.1 Å². The van der Waals surface area contributed by atoms with Crippen LogP contribution in [0.25, 0.3) is 0 Å². The van der Waals surface area contributed by atoms with E-state index < -0.39 is 0 Å². The second kappa shape index (κ2) is 7.48. The Morgan fingerprint density at radius 1 is 1.29 bits per heavy atom. The fraction of sp³-hybridized carbons (Fsp3) is 0.188. The molecule has 5 heteroatoms. The first-order valence-corrected chi connectivity index (χ1v) is 7.77. The third-order valence-electron chi connectivity index (χ3n) is 2.77. The van der Waals surface area contributed by atoms with Crippen LogP contribution in [0.4, 0.5) is 5.69 Å². The molecule has 0 saturated carbocycles.